The lowest BCUT2D eigenvalue weighted by Gasteiger charge is -2.19. The van der Waals surface area contributed by atoms with Crippen LogP contribution in [0.15, 0.2) is 18.2 Å². The lowest BCUT2D eigenvalue weighted by atomic mass is 10.1. The third kappa shape index (κ3) is 4.13. The van der Waals surface area contributed by atoms with Crippen LogP contribution in [0.1, 0.15) is 31.1 Å². The summed E-state index contributed by atoms with van der Waals surface area (Å²) in [4.78, 5) is 23.6. The smallest absolute Gasteiger partial charge is 0.338 e. The van der Waals surface area contributed by atoms with E-state index in [-0.39, 0.29) is 18.6 Å². The summed E-state index contributed by atoms with van der Waals surface area (Å²) in [6.07, 6.45) is 0. The zero-order chi connectivity index (χ0) is 16.1. The Morgan fingerprint density at radius 1 is 1.18 bits per heavy atom. The van der Waals surface area contributed by atoms with Crippen molar-refractivity contribution in [2.24, 2.45) is 5.92 Å². The van der Waals surface area contributed by atoms with Crippen LogP contribution in [0.25, 0.3) is 0 Å². The predicted molar refractivity (Wildman–Crippen MR) is 80.2 cm³/mol. The van der Waals surface area contributed by atoms with Gasteiger partial charge in [0.2, 0.25) is 0 Å². The number of hydrogen-bond donors (Lipinski definition) is 1. The number of nitrogens with one attached hydrogen (secondary N) is 1. The standard InChI is InChI=1S/C16H21NO5/c1-10(2)11(3)17-15(18)9-22-16(19)12-4-5-13-14(8-12)21-7-6-20-13/h4-5,8,10-11H,6-7,9H2,1-3H3,(H,17,18)/t11-/m0/s1. The monoisotopic (exact) mass is 307 g/mol. The number of fused-ring (bicyclic) bond motifs is 1. The quantitative estimate of drug-likeness (QED) is 0.839. The first-order chi connectivity index (χ1) is 10.5. The molecule has 0 saturated heterocycles. The van der Waals surface area contributed by atoms with Crippen LogP contribution in [-0.2, 0) is 9.53 Å². The Labute approximate surface area is 129 Å². The van der Waals surface area contributed by atoms with Gasteiger partial charge < -0.3 is 19.5 Å². The molecule has 0 saturated carbocycles. The average Bonchev–Trinajstić information content (AvgIpc) is 2.52. The summed E-state index contributed by atoms with van der Waals surface area (Å²) in [6.45, 7) is 6.56. The Balaban J connectivity index is 1.88. The van der Waals surface area contributed by atoms with Crippen LogP contribution in [0.2, 0.25) is 0 Å². The molecule has 1 amide bonds. The van der Waals surface area contributed by atoms with Gasteiger partial charge in [-0.2, -0.15) is 0 Å². The molecule has 22 heavy (non-hydrogen) atoms. The van der Waals surface area contributed by atoms with Gasteiger partial charge in [0.05, 0.1) is 5.56 Å². The van der Waals surface area contributed by atoms with Crippen LogP contribution in [-0.4, -0.2) is 37.7 Å². The van der Waals surface area contributed by atoms with Gasteiger partial charge in [-0.3, -0.25) is 4.79 Å². The highest BCUT2D eigenvalue weighted by Crippen LogP contribution is 2.30. The van der Waals surface area contributed by atoms with Crippen molar-refractivity contribution in [2.45, 2.75) is 26.8 Å². The van der Waals surface area contributed by atoms with Crippen LogP contribution >= 0.6 is 0 Å². The Morgan fingerprint density at radius 3 is 2.55 bits per heavy atom. The summed E-state index contributed by atoms with van der Waals surface area (Å²) in [5.41, 5.74) is 0.328. The highest BCUT2D eigenvalue weighted by atomic mass is 16.6. The second kappa shape index (κ2) is 7.15. The molecular weight excluding hydrogens is 286 g/mol. The third-order valence-electron chi connectivity index (χ3n) is 3.50. The van der Waals surface area contributed by atoms with Gasteiger partial charge in [0.25, 0.3) is 5.91 Å². The summed E-state index contributed by atoms with van der Waals surface area (Å²) in [5.74, 6) is 0.554. The number of amides is 1. The van der Waals surface area contributed by atoms with E-state index in [9.17, 15) is 9.59 Å². The topological polar surface area (TPSA) is 73.9 Å². The minimum atomic E-state index is -0.565. The molecule has 1 aliphatic heterocycles. The summed E-state index contributed by atoms with van der Waals surface area (Å²) < 4.78 is 15.8. The van der Waals surface area contributed by atoms with Gasteiger partial charge in [-0.05, 0) is 31.0 Å². The van der Waals surface area contributed by atoms with E-state index in [0.29, 0.717) is 36.2 Å². The molecule has 1 heterocycles. The number of carbonyl (C=O) groups is 2. The molecular formula is C16H21NO5. The van der Waals surface area contributed by atoms with Crippen LogP contribution in [0.5, 0.6) is 11.5 Å². The minimum Gasteiger partial charge on any atom is -0.486 e. The van der Waals surface area contributed by atoms with Crippen molar-refractivity contribution in [3.8, 4) is 11.5 Å². The molecule has 120 valence electrons. The van der Waals surface area contributed by atoms with Crippen molar-refractivity contribution in [1.82, 2.24) is 5.32 Å². The lowest BCUT2D eigenvalue weighted by molar-refractivity contribution is -0.125. The van der Waals surface area contributed by atoms with Crippen LogP contribution in [0.3, 0.4) is 0 Å². The normalized spacial score (nSPS) is 14.4. The third-order valence-corrected chi connectivity index (χ3v) is 3.50. The molecule has 1 aliphatic rings. The van der Waals surface area contributed by atoms with Crippen molar-refractivity contribution in [3.63, 3.8) is 0 Å². The Kier molecular flexibility index (Phi) is 5.25. The molecule has 6 nitrogen and oxygen atoms in total. The molecule has 0 radical (unpaired) electrons. The number of carbonyl (C=O) groups excluding carboxylic acids is 2. The SMILES string of the molecule is CC(C)[C@H](C)NC(=O)COC(=O)c1ccc2c(c1)OCCO2. The Hall–Kier alpha value is -2.24. The zero-order valence-electron chi connectivity index (χ0n) is 13.0. The molecule has 1 N–H and O–H groups in total. The molecule has 0 aliphatic carbocycles. The first-order valence-corrected chi connectivity index (χ1v) is 7.33. The molecule has 0 fully saturated rings. The van der Waals surface area contributed by atoms with Gasteiger partial charge in [-0.15, -0.1) is 0 Å². The van der Waals surface area contributed by atoms with E-state index in [4.69, 9.17) is 14.2 Å². The van der Waals surface area contributed by atoms with E-state index in [1.165, 1.54) is 0 Å². The molecule has 6 heteroatoms. The van der Waals surface area contributed by atoms with E-state index < -0.39 is 5.97 Å². The maximum Gasteiger partial charge on any atom is 0.338 e. The second-order valence-electron chi connectivity index (χ2n) is 5.53. The maximum atomic E-state index is 12.0. The van der Waals surface area contributed by atoms with Crippen LogP contribution < -0.4 is 14.8 Å². The Bertz CT molecular complexity index is 555. The number of ether oxygens (including phenoxy) is 3. The number of hydrogen-bond acceptors (Lipinski definition) is 5. The molecule has 1 aromatic carbocycles. The van der Waals surface area contributed by atoms with Crippen molar-refractivity contribution in [1.29, 1.82) is 0 Å². The molecule has 1 atom stereocenters. The molecule has 0 aromatic heterocycles. The summed E-state index contributed by atoms with van der Waals surface area (Å²) >= 11 is 0. The lowest BCUT2D eigenvalue weighted by Crippen LogP contribution is -2.38. The average molecular weight is 307 g/mol. The minimum absolute atomic E-state index is 0.0282. The fourth-order valence-corrected chi connectivity index (χ4v) is 1.85. The van der Waals surface area contributed by atoms with Gasteiger partial charge >= 0.3 is 5.97 Å². The molecule has 2 rings (SSSR count). The van der Waals surface area contributed by atoms with E-state index >= 15 is 0 Å². The first-order valence-electron chi connectivity index (χ1n) is 7.33. The van der Waals surface area contributed by atoms with Crippen molar-refractivity contribution >= 4 is 11.9 Å². The zero-order valence-corrected chi connectivity index (χ0v) is 13.0. The first kappa shape index (κ1) is 16.1. The number of benzene rings is 1. The fraction of sp³-hybridized carbons (Fsp3) is 0.500. The van der Waals surface area contributed by atoms with Crippen LogP contribution in [0.4, 0.5) is 0 Å². The predicted octanol–water partition coefficient (Wildman–Crippen LogP) is 1.78. The summed E-state index contributed by atoms with van der Waals surface area (Å²) in [7, 11) is 0. The van der Waals surface area contributed by atoms with Gasteiger partial charge in [-0.25, -0.2) is 4.79 Å². The largest absolute Gasteiger partial charge is 0.486 e. The van der Waals surface area contributed by atoms with E-state index in [1.807, 2.05) is 20.8 Å². The van der Waals surface area contributed by atoms with E-state index in [0.717, 1.165) is 0 Å². The number of rotatable bonds is 5. The highest BCUT2D eigenvalue weighted by Gasteiger charge is 2.17. The van der Waals surface area contributed by atoms with Gasteiger partial charge in [0.15, 0.2) is 18.1 Å². The summed E-state index contributed by atoms with van der Waals surface area (Å²) in [5, 5.41) is 2.78. The van der Waals surface area contributed by atoms with Crippen molar-refractivity contribution < 1.29 is 23.8 Å². The van der Waals surface area contributed by atoms with E-state index in [1.54, 1.807) is 18.2 Å². The molecule has 0 unspecified atom stereocenters. The van der Waals surface area contributed by atoms with Crippen molar-refractivity contribution in [3.05, 3.63) is 23.8 Å². The molecule has 0 bridgehead atoms. The molecule has 0 spiro atoms. The van der Waals surface area contributed by atoms with Gasteiger partial charge in [0.1, 0.15) is 13.2 Å². The molecule has 1 aromatic rings. The van der Waals surface area contributed by atoms with Gasteiger partial charge in [-0.1, -0.05) is 13.8 Å². The van der Waals surface area contributed by atoms with Crippen molar-refractivity contribution in [2.75, 3.05) is 19.8 Å². The van der Waals surface area contributed by atoms with E-state index in [2.05, 4.69) is 5.32 Å². The summed E-state index contributed by atoms with van der Waals surface area (Å²) in [6, 6.07) is 4.84. The number of esters is 1. The second-order valence-corrected chi connectivity index (χ2v) is 5.53. The van der Waals surface area contributed by atoms with Gasteiger partial charge in [0, 0.05) is 6.04 Å². The van der Waals surface area contributed by atoms with Crippen LogP contribution in [0, 0.1) is 5.92 Å². The Morgan fingerprint density at radius 2 is 1.86 bits per heavy atom. The fourth-order valence-electron chi connectivity index (χ4n) is 1.85. The maximum absolute atomic E-state index is 12.0. The highest BCUT2D eigenvalue weighted by molar-refractivity contribution is 5.92.